The molecule has 2 aromatic heterocycles. The summed E-state index contributed by atoms with van der Waals surface area (Å²) in [4.78, 5) is 27.4. The molecular formula is C20H24N6O2. The highest BCUT2D eigenvalue weighted by Gasteiger charge is 2.23. The molecular weight excluding hydrogens is 356 g/mol. The number of carbonyl (C=O) groups excluding carboxylic acids is 1. The number of rotatable bonds is 6. The van der Waals surface area contributed by atoms with Crippen LogP contribution in [-0.4, -0.2) is 55.9 Å². The Hall–Kier alpha value is -3.00. The second-order valence-electron chi connectivity index (χ2n) is 7.05. The minimum Gasteiger partial charge on any atom is -0.353 e. The third-order valence-electron chi connectivity index (χ3n) is 5.29. The lowest BCUT2D eigenvalue weighted by atomic mass is 10.1. The molecule has 1 aliphatic rings. The van der Waals surface area contributed by atoms with Gasteiger partial charge in [0.2, 0.25) is 5.91 Å². The van der Waals surface area contributed by atoms with E-state index in [1.807, 2.05) is 30.3 Å². The Morgan fingerprint density at radius 1 is 1.29 bits per heavy atom. The van der Waals surface area contributed by atoms with E-state index in [9.17, 15) is 9.59 Å². The summed E-state index contributed by atoms with van der Waals surface area (Å²) in [7, 11) is 0. The van der Waals surface area contributed by atoms with Crippen molar-refractivity contribution < 1.29 is 4.79 Å². The van der Waals surface area contributed by atoms with Crippen LogP contribution in [0, 0.1) is 0 Å². The predicted molar refractivity (Wildman–Crippen MR) is 106 cm³/mol. The molecule has 3 aromatic rings. The van der Waals surface area contributed by atoms with Crippen molar-refractivity contribution in [3.8, 4) is 11.3 Å². The summed E-state index contributed by atoms with van der Waals surface area (Å²) in [6, 6.07) is 11.7. The standard InChI is InChI=1S/C20H24N6O2/c1-2-24-10-6-9-16(24)12-21-19(27)13-25-20(28)18-11-17(23-26(18)14-22-25)15-7-4-3-5-8-15/h3-5,7-8,11,14,16H,2,6,9-10,12-13H2,1H3,(H,21,27)/t16-/m1/s1. The van der Waals surface area contributed by atoms with Crippen LogP contribution in [0.25, 0.3) is 16.8 Å². The largest absolute Gasteiger partial charge is 0.353 e. The van der Waals surface area contributed by atoms with Gasteiger partial charge in [0.15, 0.2) is 0 Å². The minimum absolute atomic E-state index is 0.0972. The van der Waals surface area contributed by atoms with Crippen molar-refractivity contribution in [1.82, 2.24) is 29.6 Å². The topological polar surface area (TPSA) is 84.5 Å². The molecule has 0 aliphatic carbocycles. The Morgan fingerprint density at radius 2 is 2.11 bits per heavy atom. The van der Waals surface area contributed by atoms with Crippen LogP contribution in [0.3, 0.4) is 0 Å². The third-order valence-corrected chi connectivity index (χ3v) is 5.29. The molecule has 0 bridgehead atoms. The number of likely N-dealkylation sites (N-methyl/N-ethyl adjacent to an activating group) is 1. The number of likely N-dealkylation sites (tertiary alicyclic amines) is 1. The van der Waals surface area contributed by atoms with Crippen LogP contribution >= 0.6 is 0 Å². The van der Waals surface area contributed by atoms with Gasteiger partial charge < -0.3 is 5.32 Å². The molecule has 1 aliphatic heterocycles. The van der Waals surface area contributed by atoms with E-state index in [-0.39, 0.29) is 18.0 Å². The van der Waals surface area contributed by atoms with E-state index in [0.717, 1.165) is 31.5 Å². The third kappa shape index (κ3) is 3.68. The van der Waals surface area contributed by atoms with Gasteiger partial charge in [0.05, 0.1) is 5.69 Å². The zero-order chi connectivity index (χ0) is 19.5. The van der Waals surface area contributed by atoms with E-state index < -0.39 is 0 Å². The van der Waals surface area contributed by atoms with Gasteiger partial charge in [-0.1, -0.05) is 37.3 Å². The number of benzene rings is 1. The van der Waals surface area contributed by atoms with Gasteiger partial charge >= 0.3 is 0 Å². The summed E-state index contributed by atoms with van der Waals surface area (Å²) in [5, 5.41) is 11.4. The molecule has 0 spiro atoms. The van der Waals surface area contributed by atoms with Gasteiger partial charge in [-0.2, -0.15) is 10.2 Å². The molecule has 0 unspecified atom stereocenters. The summed E-state index contributed by atoms with van der Waals surface area (Å²) >= 11 is 0. The number of hydrogen-bond acceptors (Lipinski definition) is 5. The molecule has 4 rings (SSSR count). The van der Waals surface area contributed by atoms with Crippen molar-refractivity contribution >= 4 is 11.4 Å². The maximum atomic E-state index is 12.7. The molecule has 28 heavy (non-hydrogen) atoms. The molecule has 1 amide bonds. The van der Waals surface area contributed by atoms with Gasteiger partial charge in [-0.05, 0) is 32.0 Å². The molecule has 0 saturated carbocycles. The number of fused-ring (bicyclic) bond motifs is 1. The highest BCUT2D eigenvalue weighted by Crippen LogP contribution is 2.17. The molecule has 1 aromatic carbocycles. The fourth-order valence-electron chi connectivity index (χ4n) is 3.77. The van der Waals surface area contributed by atoms with Crippen molar-refractivity contribution in [3.05, 3.63) is 53.1 Å². The average molecular weight is 380 g/mol. The first-order valence-electron chi connectivity index (χ1n) is 9.67. The summed E-state index contributed by atoms with van der Waals surface area (Å²) in [5.74, 6) is -0.204. The van der Waals surface area contributed by atoms with Gasteiger partial charge in [-0.25, -0.2) is 9.20 Å². The zero-order valence-electron chi connectivity index (χ0n) is 15.9. The highest BCUT2D eigenvalue weighted by atomic mass is 16.2. The highest BCUT2D eigenvalue weighted by molar-refractivity contribution is 5.75. The quantitative estimate of drug-likeness (QED) is 0.694. The molecule has 8 heteroatoms. The van der Waals surface area contributed by atoms with Crippen LogP contribution in [0.5, 0.6) is 0 Å². The number of hydrogen-bond donors (Lipinski definition) is 1. The van der Waals surface area contributed by atoms with E-state index in [1.54, 1.807) is 6.07 Å². The molecule has 1 N–H and O–H groups in total. The smallest absolute Gasteiger partial charge is 0.293 e. The lowest BCUT2D eigenvalue weighted by Gasteiger charge is -2.22. The predicted octanol–water partition coefficient (Wildman–Crippen LogP) is 1.16. The number of nitrogens with one attached hydrogen (secondary N) is 1. The Kier molecular flexibility index (Phi) is 5.21. The van der Waals surface area contributed by atoms with Crippen molar-refractivity contribution in [1.29, 1.82) is 0 Å². The van der Waals surface area contributed by atoms with Gasteiger partial charge in [-0.3, -0.25) is 14.5 Å². The fourth-order valence-corrected chi connectivity index (χ4v) is 3.77. The normalized spacial score (nSPS) is 17.2. The summed E-state index contributed by atoms with van der Waals surface area (Å²) in [6.45, 7) is 4.71. The summed E-state index contributed by atoms with van der Waals surface area (Å²) in [5.41, 5.74) is 1.69. The second-order valence-corrected chi connectivity index (χ2v) is 7.05. The van der Waals surface area contributed by atoms with Gasteiger partial charge in [0.25, 0.3) is 5.56 Å². The monoisotopic (exact) mass is 380 g/mol. The Morgan fingerprint density at radius 3 is 2.89 bits per heavy atom. The van der Waals surface area contributed by atoms with Gasteiger partial charge in [0, 0.05) is 18.2 Å². The maximum absolute atomic E-state index is 12.7. The molecule has 0 radical (unpaired) electrons. The fraction of sp³-hybridized carbons (Fsp3) is 0.400. The Bertz CT molecular complexity index is 1030. The van der Waals surface area contributed by atoms with Crippen LogP contribution in [0.15, 0.2) is 47.5 Å². The Labute approximate surface area is 162 Å². The molecule has 146 valence electrons. The Balaban J connectivity index is 1.47. The summed E-state index contributed by atoms with van der Waals surface area (Å²) in [6.07, 6.45) is 3.72. The van der Waals surface area contributed by atoms with Crippen molar-refractivity contribution in [2.24, 2.45) is 0 Å². The second kappa shape index (κ2) is 7.93. The van der Waals surface area contributed by atoms with E-state index in [4.69, 9.17) is 0 Å². The van der Waals surface area contributed by atoms with E-state index >= 15 is 0 Å². The first kappa shape index (κ1) is 18.4. The summed E-state index contributed by atoms with van der Waals surface area (Å²) < 4.78 is 2.64. The van der Waals surface area contributed by atoms with Gasteiger partial charge in [-0.15, -0.1) is 0 Å². The number of carbonyl (C=O) groups is 1. The van der Waals surface area contributed by atoms with Crippen LogP contribution in [0.1, 0.15) is 19.8 Å². The first-order valence-corrected chi connectivity index (χ1v) is 9.67. The molecule has 3 heterocycles. The molecule has 1 saturated heterocycles. The van der Waals surface area contributed by atoms with Crippen molar-refractivity contribution in [2.45, 2.75) is 32.4 Å². The van der Waals surface area contributed by atoms with E-state index in [1.165, 1.54) is 15.5 Å². The number of amides is 1. The van der Waals surface area contributed by atoms with Crippen molar-refractivity contribution in [3.63, 3.8) is 0 Å². The lowest BCUT2D eigenvalue weighted by molar-refractivity contribution is -0.122. The van der Waals surface area contributed by atoms with Crippen LogP contribution < -0.4 is 10.9 Å². The molecule has 8 nitrogen and oxygen atoms in total. The zero-order valence-corrected chi connectivity index (χ0v) is 15.9. The van der Waals surface area contributed by atoms with Crippen LogP contribution in [0.4, 0.5) is 0 Å². The molecule has 1 atom stereocenters. The number of nitrogens with zero attached hydrogens (tertiary/aromatic N) is 5. The van der Waals surface area contributed by atoms with Gasteiger partial charge in [0.1, 0.15) is 18.4 Å². The maximum Gasteiger partial charge on any atom is 0.293 e. The number of aromatic nitrogens is 4. The van der Waals surface area contributed by atoms with Crippen LogP contribution in [-0.2, 0) is 11.3 Å². The minimum atomic E-state index is -0.330. The average Bonchev–Trinajstić information content (AvgIpc) is 3.36. The molecule has 1 fully saturated rings. The lowest BCUT2D eigenvalue weighted by Crippen LogP contribution is -2.42. The first-order chi connectivity index (χ1) is 13.7. The van der Waals surface area contributed by atoms with Crippen molar-refractivity contribution in [2.75, 3.05) is 19.6 Å². The van der Waals surface area contributed by atoms with Crippen LogP contribution in [0.2, 0.25) is 0 Å². The van der Waals surface area contributed by atoms with E-state index in [2.05, 4.69) is 27.3 Å². The SMILES string of the molecule is CCN1CCC[C@@H]1CNC(=O)Cn1ncn2nc(-c3ccccc3)cc2c1=O. The van der Waals surface area contributed by atoms with E-state index in [0.29, 0.717) is 23.8 Å².